The lowest BCUT2D eigenvalue weighted by molar-refractivity contribution is 0.0920. The lowest BCUT2D eigenvalue weighted by Crippen LogP contribution is -2.06. The fourth-order valence-corrected chi connectivity index (χ4v) is 1.06. The summed E-state index contributed by atoms with van der Waals surface area (Å²) in [7, 11) is 0. The molecule has 0 aliphatic carbocycles. The molecule has 0 aromatic carbocycles. The second kappa shape index (κ2) is 7.38. The molecular weight excluding hydrogens is 148 g/mol. The fraction of sp³-hybridized carbons (Fsp3) is 1.00. The van der Waals surface area contributed by atoms with Crippen molar-refractivity contribution < 1.29 is 9.84 Å². The maximum absolute atomic E-state index is 8.41. The normalized spacial score (nSPS) is 10.8. The van der Waals surface area contributed by atoms with Crippen LogP contribution in [0.3, 0.4) is 0 Å². The lowest BCUT2D eigenvalue weighted by atomic mass is 10.5. The zero-order valence-electron chi connectivity index (χ0n) is 6.67. The number of thioether (sulfide) groups is 1. The van der Waals surface area contributed by atoms with E-state index in [2.05, 4.69) is 0 Å². The first-order valence-corrected chi connectivity index (χ1v) is 4.73. The maximum Gasteiger partial charge on any atom is 0.0560 e. The second-order valence-electron chi connectivity index (χ2n) is 2.26. The molecule has 0 amide bonds. The minimum Gasteiger partial charge on any atom is -0.396 e. The summed E-state index contributed by atoms with van der Waals surface area (Å²) in [6, 6.07) is 0. The molecule has 62 valence electrons. The third kappa shape index (κ3) is 8.27. The van der Waals surface area contributed by atoms with Crippen LogP contribution in [-0.4, -0.2) is 35.9 Å². The van der Waals surface area contributed by atoms with Crippen molar-refractivity contribution in [1.29, 1.82) is 0 Å². The average molecular weight is 164 g/mol. The number of ether oxygens (including phenoxy) is 1. The van der Waals surface area contributed by atoms with Gasteiger partial charge in [0.05, 0.1) is 19.3 Å². The van der Waals surface area contributed by atoms with Gasteiger partial charge in [-0.3, -0.25) is 0 Å². The van der Waals surface area contributed by atoms with Crippen molar-refractivity contribution in [3.05, 3.63) is 0 Å². The molecule has 0 fully saturated rings. The van der Waals surface area contributed by atoms with Crippen molar-refractivity contribution in [2.75, 3.05) is 24.7 Å². The standard InChI is InChI=1S/C7H16O2S/c1-7(2)9-4-6-10-5-3-8/h7-8H,3-6H2,1-2H3. The van der Waals surface area contributed by atoms with Gasteiger partial charge in [-0.25, -0.2) is 0 Å². The van der Waals surface area contributed by atoms with E-state index in [1.165, 1.54) is 0 Å². The van der Waals surface area contributed by atoms with Gasteiger partial charge in [0.2, 0.25) is 0 Å². The third-order valence-electron chi connectivity index (χ3n) is 0.914. The van der Waals surface area contributed by atoms with E-state index in [1.807, 2.05) is 13.8 Å². The second-order valence-corrected chi connectivity index (χ2v) is 3.48. The first-order valence-electron chi connectivity index (χ1n) is 3.57. The molecule has 3 heteroatoms. The van der Waals surface area contributed by atoms with E-state index in [1.54, 1.807) is 11.8 Å². The van der Waals surface area contributed by atoms with Gasteiger partial charge < -0.3 is 9.84 Å². The van der Waals surface area contributed by atoms with E-state index in [0.717, 1.165) is 18.1 Å². The number of hydrogen-bond donors (Lipinski definition) is 1. The van der Waals surface area contributed by atoms with Gasteiger partial charge in [-0.15, -0.1) is 0 Å². The third-order valence-corrected chi connectivity index (χ3v) is 1.84. The largest absolute Gasteiger partial charge is 0.396 e. The van der Waals surface area contributed by atoms with Gasteiger partial charge >= 0.3 is 0 Å². The van der Waals surface area contributed by atoms with Gasteiger partial charge in [0.15, 0.2) is 0 Å². The molecule has 0 aliphatic rings. The van der Waals surface area contributed by atoms with Crippen LogP contribution < -0.4 is 0 Å². The Morgan fingerprint density at radius 3 is 2.60 bits per heavy atom. The first kappa shape index (κ1) is 10.3. The van der Waals surface area contributed by atoms with E-state index in [4.69, 9.17) is 9.84 Å². The topological polar surface area (TPSA) is 29.5 Å². The van der Waals surface area contributed by atoms with E-state index < -0.39 is 0 Å². The van der Waals surface area contributed by atoms with Gasteiger partial charge in [0, 0.05) is 11.5 Å². The number of rotatable bonds is 6. The first-order chi connectivity index (χ1) is 4.77. The van der Waals surface area contributed by atoms with Gasteiger partial charge in [0.25, 0.3) is 0 Å². The van der Waals surface area contributed by atoms with Gasteiger partial charge in [-0.1, -0.05) is 0 Å². The van der Waals surface area contributed by atoms with E-state index >= 15 is 0 Å². The highest BCUT2D eigenvalue weighted by Gasteiger charge is 1.91. The van der Waals surface area contributed by atoms with Crippen molar-refractivity contribution in [3.8, 4) is 0 Å². The number of hydrogen-bond acceptors (Lipinski definition) is 3. The number of aliphatic hydroxyl groups is 1. The van der Waals surface area contributed by atoms with E-state index in [0.29, 0.717) is 6.10 Å². The summed E-state index contributed by atoms with van der Waals surface area (Å²) in [6.07, 6.45) is 0.328. The smallest absolute Gasteiger partial charge is 0.0560 e. The van der Waals surface area contributed by atoms with Crippen molar-refractivity contribution >= 4 is 11.8 Å². The summed E-state index contributed by atoms with van der Waals surface area (Å²) in [6.45, 7) is 5.11. The Morgan fingerprint density at radius 2 is 2.10 bits per heavy atom. The predicted octanol–water partition coefficient (Wildman–Crippen LogP) is 1.14. The molecule has 0 rings (SSSR count). The molecule has 0 unspecified atom stereocenters. The van der Waals surface area contributed by atoms with Crippen LogP contribution in [0, 0.1) is 0 Å². The average Bonchev–Trinajstić information content (AvgIpc) is 1.87. The Balaban J connectivity index is 2.77. The highest BCUT2D eigenvalue weighted by atomic mass is 32.2. The van der Waals surface area contributed by atoms with Crippen molar-refractivity contribution in [3.63, 3.8) is 0 Å². The van der Waals surface area contributed by atoms with Crippen molar-refractivity contribution in [1.82, 2.24) is 0 Å². The summed E-state index contributed by atoms with van der Waals surface area (Å²) >= 11 is 1.72. The monoisotopic (exact) mass is 164 g/mol. The molecule has 0 atom stereocenters. The Kier molecular flexibility index (Phi) is 7.58. The van der Waals surface area contributed by atoms with Crippen LogP contribution in [0.2, 0.25) is 0 Å². The summed E-state index contributed by atoms with van der Waals surface area (Å²) in [5.41, 5.74) is 0. The summed E-state index contributed by atoms with van der Waals surface area (Å²) in [5.74, 6) is 1.81. The number of aliphatic hydroxyl groups excluding tert-OH is 1. The fourth-order valence-electron chi connectivity index (χ4n) is 0.509. The molecule has 0 spiro atoms. The molecule has 0 aliphatic heterocycles. The van der Waals surface area contributed by atoms with E-state index in [9.17, 15) is 0 Å². The van der Waals surface area contributed by atoms with Crippen LogP contribution in [0.25, 0.3) is 0 Å². The Hall–Kier alpha value is 0.270. The summed E-state index contributed by atoms with van der Waals surface area (Å²) in [4.78, 5) is 0. The lowest BCUT2D eigenvalue weighted by Gasteiger charge is -2.05. The molecule has 0 aromatic rings. The minimum absolute atomic E-state index is 0.270. The minimum atomic E-state index is 0.270. The van der Waals surface area contributed by atoms with Crippen molar-refractivity contribution in [2.24, 2.45) is 0 Å². The molecular formula is C7H16O2S. The quantitative estimate of drug-likeness (QED) is 0.597. The van der Waals surface area contributed by atoms with Crippen LogP contribution in [-0.2, 0) is 4.74 Å². The Morgan fingerprint density at radius 1 is 1.40 bits per heavy atom. The Labute approximate surface area is 67.0 Å². The highest BCUT2D eigenvalue weighted by molar-refractivity contribution is 7.99. The summed E-state index contributed by atoms with van der Waals surface area (Å²) in [5, 5.41) is 8.41. The van der Waals surface area contributed by atoms with Crippen LogP contribution in [0.1, 0.15) is 13.8 Å². The van der Waals surface area contributed by atoms with Gasteiger partial charge in [0.1, 0.15) is 0 Å². The molecule has 0 bridgehead atoms. The van der Waals surface area contributed by atoms with Crippen LogP contribution in [0.4, 0.5) is 0 Å². The van der Waals surface area contributed by atoms with Gasteiger partial charge in [-0.2, -0.15) is 11.8 Å². The predicted molar refractivity (Wildman–Crippen MR) is 45.5 cm³/mol. The molecule has 0 radical (unpaired) electrons. The zero-order valence-corrected chi connectivity index (χ0v) is 7.49. The molecule has 0 heterocycles. The van der Waals surface area contributed by atoms with Crippen LogP contribution in [0.5, 0.6) is 0 Å². The molecule has 0 saturated carbocycles. The SMILES string of the molecule is CC(C)OCCSCCO. The zero-order chi connectivity index (χ0) is 7.82. The van der Waals surface area contributed by atoms with Crippen LogP contribution in [0.15, 0.2) is 0 Å². The molecule has 1 N–H and O–H groups in total. The molecule has 0 saturated heterocycles. The van der Waals surface area contributed by atoms with E-state index in [-0.39, 0.29) is 6.61 Å². The van der Waals surface area contributed by atoms with Crippen LogP contribution >= 0.6 is 11.8 Å². The molecule has 0 aromatic heterocycles. The molecule has 10 heavy (non-hydrogen) atoms. The van der Waals surface area contributed by atoms with Gasteiger partial charge in [-0.05, 0) is 13.8 Å². The van der Waals surface area contributed by atoms with Crippen molar-refractivity contribution in [2.45, 2.75) is 20.0 Å². The maximum atomic E-state index is 8.41. The highest BCUT2D eigenvalue weighted by Crippen LogP contribution is 1.98. The molecule has 2 nitrogen and oxygen atoms in total. The Bertz CT molecular complexity index is 66.6. The summed E-state index contributed by atoms with van der Waals surface area (Å²) < 4.78 is 5.29.